The molecule has 1 saturated heterocycles. The third kappa shape index (κ3) is 6.52. The molecular weight excluding hydrogens is 571 g/mol. The average molecular weight is 605 g/mol. The van der Waals surface area contributed by atoms with Crippen LogP contribution in [0.15, 0.2) is 67.0 Å². The van der Waals surface area contributed by atoms with Crippen LogP contribution < -0.4 is 10.6 Å². The number of esters is 2. The van der Waals surface area contributed by atoms with Crippen molar-refractivity contribution in [3.8, 4) is 0 Å². The van der Waals surface area contributed by atoms with Gasteiger partial charge < -0.3 is 19.5 Å². The number of benzene rings is 2. The second-order valence-electron chi connectivity index (χ2n) is 10.9. The molecule has 44 heavy (non-hydrogen) atoms. The Balaban J connectivity index is 1.45. The number of imidazole rings is 1. The predicted molar refractivity (Wildman–Crippen MR) is 158 cm³/mol. The smallest absolute Gasteiger partial charge is 0.310 e. The molecule has 5 rings (SSSR count). The number of fused-ring (bicyclic) bond motifs is 1. The summed E-state index contributed by atoms with van der Waals surface area (Å²) in [7, 11) is 1.62. The number of carbonyl (C=O) groups excluding carboxylic acids is 3. The minimum Gasteiger partial charge on any atom is -0.452 e. The van der Waals surface area contributed by atoms with Crippen LogP contribution in [0, 0.1) is 5.92 Å². The van der Waals surface area contributed by atoms with Crippen molar-refractivity contribution in [2.45, 2.75) is 57.9 Å². The Bertz CT molecular complexity index is 1650. The molecule has 4 aromatic rings. The second-order valence-corrected chi connectivity index (χ2v) is 10.9. The number of halogens is 1. The largest absolute Gasteiger partial charge is 0.452 e. The highest BCUT2D eigenvalue weighted by Crippen LogP contribution is 2.45. The molecule has 2 aromatic carbocycles. The number of ether oxygens (including phenoxy) is 3. The molecule has 2 N–H and O–H groups in total. The number of nitrogens with zero attached hydrogens (tertiary/aromatic N) is 4. The van der Waals surface area contributed by atoms with Crippen LogP contribution in [0.2, 0.25) is 0 Å². The lowest BCUT2D eigenvalue weighted by molar-refractivity contribution is -0.203. The summed E-state index contributed by atoms with van der Waals surface area (Å²) in [5.74, 6) is -2.06. The van der Waals surface area contributed by atoms with Gasteiger partial charge in [-0.1, -0.05) is 74.5 Å². The number of rotatable bonds is 10. The van der Waals surface area contributed by atoms with E-state index in [4.69, 9.17) is 14.2 Å². The van der Waals surface area contributed by atoms with E-state index in [1.807, 2.05) is 36.4 Å². The van der Waals surface area contributed by atoms with Gasteiger partial charge in [0, 0.05) is 7.05 Å². The first-order valence-electron chi connectivity index (χ1n) is 14.1. The Morgan fingerprint density at radius 2 is 1.64 bits per heavy atom. The lowest BCUT2D eigenvalue weighted by Crippen LogP contribution is -2.44. The van der Waals surface area contributed by atoms with Gasteiger partial charge in [0.05, 0.1) is 25.1 Å². The van der Waals surface area contributed by atoms with Crippen molar-refractivity contribution < 1.29 is 33.0 Å². The first-order valence-corrected chi connectivity index (χ1v) is 14.1. The molecule has 230 valence electrons. The van der Waals surface area contributed by atoms with E-state index >= 15 is 4.39 Å². The summed E-state index contributed by atoms with van der Waals surface area (Å²) in [4.78, 5) is 51.4. The Kier molecular flexibility index (Phi) is 8.86. The van der Waals surface area contributed by atoms with Gasteiger partial charge in [0.25, 0.3) is 0 Å². The molecule has 0 radical (unpaired) electrons. The zero-order chi connectivity index (χ0) is 31.4. The van der Waals surface area contributed by atoms with Gasteiger partial charge in [0.15, 0.2) is 28.9 Å². The zero-order valence-electron chi connectivity index (χ0n) is 24.7. The number of amides is 1. The minimum absolute atomic E-state index is 0.0447. The van der Waals surface area contributed by atoms with Crippen molar-refractivity contribution in [1.29, 1.82) is 0 Å². The normalized spacial score (nSPS) is 21.3. The molecule has 0 bridgehead atoms. The Morgan fingerprint density at radius 3 is 2.25 bits per heavy atom. The lowest BCUT2D eigenvalue weighted by atomic mass is 10.0. The first-order chi connectivity index (χ1) is 21.1. The van der Waals surface area contributed by atoms with E-state index in [0.29, 0.717) is 5.56 Å². The molecule has 0 saturated carbocycles. The summed E-state index contributed by atoms with van der Waals surface area (Å²) >= 11 is 0. The van der Waals surface area contributed by atoms with Crippen molar-refractivity contribution in [1.82, 2.24) is 19.5 Å². The summed E-state index contributed by atoms with van der Waals surface area (Å²) in [6, 6.07) is 18.0. The molecule has 0 aliphatic carbocycles. The molecular formula is C31H33FN6O6. The second kappa shape index (κ2) is 12.8. The number of carbonyl (C=O) groups is 3. The van der Waals surface area contributed by atoms with Crippen LogP contribution in [0.3, 0.4) is 0 Å². The highest BCUT2D eigenvalue weighted by Gasteiger charge is 2.60. The summed E-state index contributed by atoms with van der Waals surface area (Å²) in [6.45, 7) is 4.43. The van der Waals surface area contributed by atoms with Gasteiger partial charge in [-0.25, -0.2) is 9.37 Å². The van der Waals surface area contributed by atoms with E-state index in [2.05, 4.69) is 25.6 Å². The highest BCUT2D eigenvalue weighted by atomic mass is 19.1. The molecule has 1 aliphatic heterocycles. The lowest BCUT2D eigenvalue weighted by Gasteiger charge is -2.27. The third-order valence-electron chi connectivity index (χ3n) is 7.07. The number of hydrogen-bond donors (Lipinski definition) is 2. The van der Waals surface area contributed by atoms with Crippen molar-refractivity contribution in [2.75, 3.05) is 17.7 Å². The standard InChI is InChI=1S/C31H33FN6O6/c1-18(2)27(41)43-28-24(42-22(40)16-20-13-9-6-10-14-20)31(3,32)29(44-28)38-17-34-23-25(33-4)36-30(37-26(23)38)35-21(39)15-19-11-7-5-8-12-19/h5-14,17-18,24,28-29H,15-16H2,1-4H3,(H2,33,35,36,37,39)/t24-,28+,29-,31-/m1/s1. The molecule has 12 nitrogen and oxygen atoms in total. The molecule has 1 aliphatic rings. The molecule has 2 aromatic heterocycles. The highest BCUT2D eigenvalue weighted by molar-refractivity contribution is 5.92. The Hall–Kier alpha value is -4.91. The van der Waals surface area contributed by atoms with Crippen LogP contribution >= 0.6 is 0 Å². The Labute approximate surface area is 252 Å². The van der Waals surface area contributed by atoms with Crippen LogP contribution in [0.4, 0.5) is 16.2 Å². The fourth-order valence-corrected chi connectivity index (χ4v) is 4.80. The molecule has 13 heteroatoms. The Morgan fingerprint density at radius 1 is 1.00 bits per heavy atom. The van der Waals surface area contributed by atoms with Crippen LogP contribution in [0.1, 0.15) is 38.1 Å². The maximum Gasteiger partial charge on any atom is 0.310 e. The maximum absolute atomic E-state index is 16.8. The molecule has 1 fully saturated rings. The van der Waals surface area contributed by atoms with Gasteiger partial charge in [-0.2, -0.15) is 9.97 Å². The molecule has 4 atom stereocenters. The molecule has 1 amide bonds. The first kappa shape index (κ1) is 30.5. The van der Waals surface area contributed by atoms with E-state index in [1.165, 1.54) is 17.8 Å². The SMILES string of the molecule is CNc1nc(NC(=O)Cc2ccccc2)nc2c1ncn2[C@@H]1O[C@H](OC(=O)C(C)C)[C@@H](OC(=O)Cc2ccccc2)[C@@]1(C)F. The van der Waals surface area contributed by atoms with Gasteiger partial charge >= 0.3 is 11.9 Å². The summed E-state index contributed by atoms with van der Waals surface area (Å²) in [6.07, 6.45) is -3.39. The number of aromatic nitrogens is 4. The quantitative estimate of drug-likeness (QED) is 0.255. The van der Waals surface area contributed by atoms with E-state index in [9.17, 15) is 14.4 Å². The number of hydrogen-bond acceptors (Lipinski definition) is 10. The van der Waals surface area contributed by atoms with E-state index < -0.39 is 42.1 Å². The fourth-order valence-electron chi connectivity index (χ4n) is 4.80. The summed E-state index contributed by atoms with van der Waals surface area (Å²) in [5, 5.41) is 5.59. The van der Waals surface area contributed by atoms with Crippen molar-refractivity contribution in [3.63, 3.8) is 0 Å². The molecule has 0 unspecified atom stereocenters. The predicted octanol–water partition coefficient (Wildman–Crippen LogP) is 3.99. The summed E-state index contributed by atoms with van der Waals surface area (Å²) in [5.41, 5.74) is -0.550. The van der Waals surface area contributed by atoms with Crippen molar-refractivity contribution in [2.24, 2.45) is 5.92 Å². The number of anilines is 2. The van der Waals surface area contributed by atoms with Crippen LogP contribution in [-0.4, -0.2) is 62.5 Å². The van der Waals surface area contributed by atoms with Gasteiger partial charge in [0.2, 0.25) is 24.2 Å². The van der Waals surface area contributed by atoms with Crippen molar-refractivity contribution >= 4 is 40.8 Å². The zero-order valence-corrected chi connectivity index (χ0v) is 24.7. The van der Waals surface area contributed by atoms with Crippen molar-refractivity contribution in [3.05, 3.63) is 78.1 Å². The monoisotopic (exact) mass is 604 g/mol. The van der Waals surface area contributed by atoms with Gasteiger partial charge in [-0.05, 0) is 18.1 Å². The van der Waals surface area contributed by atoms with E-state index in [0.717, 1.165) is 5.56 Å². The third-order valence-corrected chi connectivity index (χ3v) is 7.07. The van der Waals surface area contributed by atoms with Crippen LogP contribution in [0.25, 0.3) is 11.2 Å². The summed E-state index contributed by atoms with van der Waals surface area (Å²) < 4.78 is 35.1. The van der Waals surface area contributed by atoms with Crippen LogP contribution in [0.5, 0.6) is 0 Å². The van der Waals surface area contributed by atoms with E-state index in [1.54, 1.807) is 45.2 Å². The fraction of sp³-hybridized carbons (Fsp3) is 0.355. The van der Waals surface area contributed by atoms with Gasteiger partial charge in [-0.3, -0.25) is 24.3 Å². The van der Waals surface area contributed by atoms with Gasteiger partial charge in [0.1, 0.15) is 0 Å². The maximum atomic E-state index is 16.8. The van der Waals surface area contributed by atoms with Crippen LogP contribution in [-0.2, 0) is 41.4 Å². The van der Waals surface area contributed by atoms with Gasteiger partial charge in [-0.15, -0.1) is 0 Å². The molecule has 3 heterocycles. The average Bonchev–Trinajstić information content (AvgIpc) is 3.51. The number of alkyl halides is 1. The number of nitrogens with one attached hydrogen (secondary N) is 2. The van der Waals surface area contributed by atoms with E-state index in [-0.39, 0.29) is 41.7 Å². The minimum atomic E-state index is -2.41. The topological polar surface area (TPSA) is 147 Å². The molecule has 0 spiro atoms.